The second-order valence-corrected chi connectivity index (χ2v) is 8.13. The van der Waals surface area contributed by atoms with Crippen LogP contribution in [0.5, 0.6) is 0 Å². The van der Waals surface area contributed by atoms with Crippen LogP contribution in [0.25, 0.3) is 0 Å². The molecule has 212 valence electrons. The second-order valence-electron chi connectivity index (χ2n) is 8.13. The summed E-state index contributed by atoms with van der Waals surface area (Å²) in [5.41, 5.74) is -3.04. The monoisotopic (exact) mass is 556 g/mol. The molecule has 1 heterocycles. The minimum atomic E-state index is -6.01. The fraction of sp³-hybridized carbons (Fsp3) is 0.524. The van der Waals surface area contributed by atoms with Crippen LogP contribution in [0.2, 0.25) is 0 Å². The molecular formula is C21H25F5N4O8. The molecule has 1 aliphatic rings. The smallest absolute Gasteiger partial charge is 0.447 e. The molecule has 0 fully saturated rings. The molecule has 0 saturated heterocycles. The molecule has 1 aromatic carbocycles. The van der Waals surface area contributed by atoms with E-state index in [1.54, 1.807) is 0 Å². The topological polar surface area (TPSA) is 169 Å². The van der Waals surface area contributed by atoms with Gasteiger partial charge in [0.05, 0.1) is 37.7 Å². The van der Waals surface area contributed by atoms with Crippen LogP contribution in [0, 0.1) is 0 Å². The lowest BCUT2D eigenvalue weighted by Crippen LogP contribution is -2.62. The Bertz CT molecular complexity index is 1050. The lowest BCUT2D eigenvalue weighted by Gasteiger charge is -2.28. The standard InChI is InChI=1S/C21H25F5N4O8/c1-19(37,16(34)27-11-20(22,23)21(24,25)26)17(35)28-12-10-30(18(36)38-9-8-32)14-5-3-2-4-13(14)29(6-7-31)15(12)33/h2-5,12,31-32,37H,6-11H2,1H3,(H,27,34)(H,28,35)/t12-,19?/m0/s1. The first-order valence-electron chi connectivity index (χ1n) is 10.9. The predicted octanol–water partition coefficient (Wildman–Crippen LogP) is -0.490. The van der Waals surface area contributed by atoms with Gasteiger partial charge < -0.3 is 35.6 Å². The Hall–Kier alpha value is -3.57. The first-order valence-corrected chi connectivity index (χ1v) is 10.9. The van der Waals surface area contributed by atoms with Crippen molar-refractivity contribution in [1.29, 1.82) is 0 Å². The number of amides is 4. The number of nitrogens with one attached hydrogen (secondary N) is 2. The Kier molecular flexibility index (Phi) is 9.57. The van der Waals surface area contributed by atoms with Gasteiger partial charge in [-0.25, -0.2) is 4.79 Å². The lowest BCUT2D eigenvalue weighted by molar-refractivity contribution is -0.278. The van der Waals surface area contributed by atoms with Crippen molar-refractivity contribution < 1.29 is 61.2 Å². The van der Waals surface area contributed by atoms with Crippen molar-refractivity contribution in [3.05, 3.63) is 24.3 Å². The summed E-state index contributed by atoms with van der Waals surface area (Å²) in [7, 11) is 0. The van der Waals surface area contributed by atoms with Gasteiger partial charge in [-0.2, -0.15) is 22.0 Å². The molecule has 5 N–H and O–H groups in total. The van der Waals surface area contributed by atoms with Crippen LogP contribution in [-0.2, 0) is 19.1 Å². The maximum Gasteiger partial charge on any atom is 0.455 e. The number of fused-ring (bicyclic) bond motifs is 1. The Morgan fingerprint density at radius 2 is 1.66 bits per heavy atom. The summed E-state index contributed by atoms with van der Waals surface area (Å²) < 4.78 is 68.3. The van der Waals surface area contributed by atoms with Crippen molar-refractivity contribution in [2.24, 2.45) is 0 Å². The maximum absolute atomic E-state index is 13.3. The highest BCUT2D eigenvalue weighted by Crippen LogP contribution is 2.35. The van der Waals surface area contributed by atoms with E-state index in [9.17, 15) is 51.3 Å². The number of β-amino-alcohol motifs (C(OH)–C–C–N with tert-alkyl or cyclic N) is 1. The third kappa shape index (κ3) is 6.65. The van der Waals surface area contributed by atoms with Gasteiger partial charge in [0, 0.05) is 6.54 Å². The zero-order chi connectivity index (χ0) is 28.9. The third-order valence-corrected chi connectivity index (χ3v) is 5.33. The molecule has 1 unspecified atom stereocenters. The first-order chi connectivity index (χ1) is 17.6. The molecule has 1 aliphatic heterocycles. The number of aliphatic hydroxyl groups excluding tert-OH is 2. The third-order valence-electron chi connectivity index (χ3n) is 5.33. The van der Waals surface area contributed by atoms with Crippen molar-refractivity contribution in [3.8, 4) is 0 Å². The number of para-hydroxylation sites is 2. The first kappa shape index (κ1) is 30.7. The molecule has 0 aliphatic carbocycles. The number of hydrogen-bond donors (Lipinski definition) is 5. The number of carbonyl (C=O) groups is 4. The molecule has 4 amide bonds. The number of nitrogens with zero attached hydrogens (tertiary/aromatic N) is 2. The minimum absolute atomic E-state index is 0.0906. The summed E-state index contributed by atoms with van der Waals surface area (Å²) >= 11 is 0. The predicted molar refractivity (Wildman–Crippen MR) is 118 cm³/mol. The van der Waals surface area contributed by atoms with Crippen LogP contribution in [0.4, 0.5) is 38.1 Å². The second kappa shape index (κ2) is 11.9. The highest BCUT2D eigenvalue weighted by molar-refractivity contribution is 6.11. The van der Waals surface area contributed by atoms with Crippen LogP contribution < -0.4 is 20.4 Å². The van der Waals surface area contributed by atoms with Crippen LogP contribution in [0.15, 0.2) is 24.3 Å². The molecule has 0 saturated carbocycles. The molecule has 0 bridgehead atoms. The van der Waals surface area contributed by atoms with Crippen molar-refractivity contribution in [3.63, 3.8) is 0 Å². The van der Waals surface area contributed by atoms with Gasteiger partial charge in [0.1, 0.15) is 12.6 Å². The van der Waals surface area contributed by atoms with Crippen molar-refractivity contribution in [2.45, 2.75) is 30.7 Å². The van der Waals surface area contributed by atoms with E-state index in [2.05, 4.69) is 0 Å². The van der Waals surface area contributed by atoms with E-state index < -0.39 is 80.5 Å². The molecule has 17 heteroatoms. The summed E-state index contributed by atoms with van der Waals surface area (Å²) in [6.07, 6.45) is -7.08. The SMILES string of the molecule is CC(O)(C(=O)NCC(F)(F)C(F)(F)F)C(=O)N[C@H]1CN(C(=O)OCCO)c2ccccc2N(CCO)C1=O. The van der Waals surface area contributed by atoms with Gasteiger partial charge in [0.2, 0.25) is 5.60 Å². The molecule has 2 atom stereocenters. The summed E-state index contributed by atoms with van der Waals surface area (Å²) in [6, 6.07) is 4.08. The number of carbonyl (C=O) groups excluding carboxylic acids is 4. The number of anilines is 2. The molecular weight excluding hydrogens is 531 g/mol. The van der Waals surface area contributed by atoms with Crippen molar-refractivity contribution >= 4 is 35.2 Å². The quantitative estimate of drug-likeness (QED) is 0.201. The lowest BCUT2D eigenvalue weighted by atomic mass is 10.0. The summed E-state index contributed by atoms with van der Waals surface area (Å²) in [5.74, 6) is -9.88. The van der Waals surface area contributed by atoms with E-state index in [-0.39, 0.29) is 17.9 Å². The highest BCUT2D eigenvalue weighted by Gasteiger charge is 2.58. The molecule has 0 radical (unpaired) electrons. The number of halogens is 5. The van der Waals surface area contributed by atoms with Gasteiger partial charge in [-0.15, -0.1) is 0 Å². The molecule has 12 nitrogen and oxygen atoms in total. The molecule has 38 heavy (non-hydrogen) atoms. The largest absolute Gasteiger partial charge is 0.455 e. The normalized spacial score (nSPS) is 17.7. The fourth-order valence-corrected chi connectivity index (χ4v) is 3.27. The fourth-order valence-electron chi connectivity index (χ4n) is 3.27. The number of rotatable bonds is 9. The van der Waals surface area contributed by atoms with E-state index in [4.69, 9.17) is 9.84 Å². The number of benzene rings is 1. The summed E-state index contributed by atoms with van der Waals surface area (Å²) in [5, 5.41) is 31.9. The van der Waals surface area contributed by atoms with Crippen LogP contribution in [-0.4, -0.2) is 102 Å². The summed E-state index contributed by atoms with van der Waals surface area (Å²) in [6.45, 7) is -4.29. The van der Waals surface area contributed by atoms with E-state index in [1.165, 1.54) is 24.3 Å². The van der Waals surface area contributed by atoms with Crippen molar-refractivity contribution in [1.82, 2.24) is 10.6 Å². The van der Waals surface area contributed by atoms with Crippen LogP contribution in [0.1, 0.15) is 6.92 Å². The Balaban J connectivity index is 2.33. The van der Waals surface area contributed by atoms with Gasteiger partial charge >= 0.3 is 18.2 Å². The molecule has 0 spiro atoms. The summed E-state index contributed by atoms with van der Waals surface area (Å²) in [4.78, 5) is 52.7. The van der Waals surface area contributed by atoms with Gasteiger partial charge in [-0.1, -0.05) is 12.1 Å². The van der Waals surface area contributed by atoms with Gasteiger partial charge in [-0.3, -0.25) is 19.3 Å². The zero-order valence-corrected chi connectivity index (χ0v) is 19.8. The van der Waals surface area contributed by atoms with E-state index in [0.29, 0.717) is 6.92 Å². The Labute approximate surface area is 211 Å². The zero-order valence-electron chi connectivity index (χ0n) is 19.8. The van der Waals surface area contributed by atoms with Crippen LogP contribution >= 0.6 is 0 Å². The highest BCUT2D eigenvalue weighted by atomic mass is 19.4. The number of alkyl halides is 5. The Morgan fingerprint density at radius 1 is 1.05 bits per heavy atom. The number of hydrogen-bond acceptors (Lipinski definition) is 8. The van der Waals surface area contributed by atoms with Gasteiger partial charge in [0.15, 0.2) is 0 Å². The number of aliphatic hydroxyl groups is 3. The van der Waals surface area contributed by atoms with Crippen molar-refractivity contribution in [2.75, 3.05) is 49.3 Å². The Morgan fingerprint density at radius 3 is 2.21 bits per heavy atom. The average Bonchev–Trinajstić information content (AvgIpc) is 2.96. The van der Waals surface area contributed by atoms with Gasteiger partial charge in [0.25, 0.3) is 17.7 Å². The van der Waals surface area contributed by atoms with Crippen LogP contribution in [0.3, 0.4) is 0 Å². The maximum atomic E-state index is 13.3. The average molecular weight is 556 g/mol. The van der Waals surface area contributed by atoms with E-state index >= 15 is 0 Å². The number of ether oxygens (including phenoxy) is 1. The van der Waals surface area contributed by atoms with E-state index in [1.807, 2.05) is 5.32 Å². The molecule has 0 aromatic heterocycles. The molecule has 2 rings (SSSR count). The van der Waals surface area contributed by atoms with E-state index in [0.717, 1.165) is 15.1 Å². The minimum Gasteiger partial charge on any atom is -0.447 e. The molecule has 1 aromatic rings. The van der Waals surface area contributed by atoms with Gasteiger partial charge in [-0.05, 0) is 19.1 Å².